The highest BCUT2D eigenvalue weighted by atomic mass is 32.1. The van der Waals surface area contributed by atoms with Gasteiger partial charge in [0.15, 0.2) is 0 Å². The van der Waals surface area contributed by atoms with Crippen molar-refractivity contribution in [1.82, 2.24) is 19.8 Å². The van der Waals surface area contributed by atoms with Crippen molar-refractivity contribution < 1.29 is 4.79 Å². The molecule has 7 heteroatoms. The zero-order valence-electron chi connectivity index (χ0n) is 11.3. The summed E-state index contributed by atoms with van der Waals surface area (Å²) in [4.78, 5) is 15.1. The van der Waals surface area contributed by atoms with Crippen molar-refractivity contribution in [3.05, 3.63) is 41.2 Å². The molecule has 0 saturated carbocycles. The molecule has 6 nitrogen and oxygen atoms in total. The number of benzene rings is 1. The third kappa shape index (κ3) is 2.19. The summed E-state index contributed by atoms with van der Waals surface area (Å²) in [6.07, 6.45) is 3.64. The molecule has 0 aliphatic carbocycles. The number of nitrogens with zero attached hydrogens (tertiary/aromatic N) is 5. The number of para-hydroxylation sites is 1. The van der Waals surface area contributed by atoms with Crippen molar-refractivity contribution in [1.29, 1.82) is 0 Å². The van der Waals surface area contributed by atoms with Crippen LogP contribution in [-0.4, -0.2) is 32.3 Å². The molecule has 0 atom stereocenters. The zero-order chi connectivity index (χ0) is 14.2. The maximum atomic E-state index is 12.4. The van der Waals surface area contributed by atoms with Crippen LogP contribution in [0.15, 0.2) is 30.6 Å². The van der Waals surface area contributed by atoms with E-state index in [2.05, 4.69) is 21.4 Å². The molecule has 1 aliphatic rings. The van der Waals surface area contributed by atoms with Gasteiger partial charge in [0.2, 0.25) is 10.9 Å². The van der Waals surface area contributed by atoms with Crippen LogP contribution in [0.1, 0.15) is 17.0 Å². The van der Waals surface area contributed by atoms with Gasteiger partial charge in [0, 0.05) is 25.1 Å². The molecule has 0 unspecified atom stereocenters. The quantitative estimate of drug-likeness (QED) is 0.738. The molecule has 0 spiro atoms. The first kappa shape index (κ1) is 12.5. The average molecular weight is 299 g/mol. The Kier molecular flexibility index (Phi) is 2.92. The number of hydrogen-bond acceptors (Lipinski definition) is 5. The van der Waals surface area contributed by atoms with Crippen molar-refractivity contribution in [3.63, 3.8) is 0 Å². The first-order valence-corrected chi connectivity index (χ1v) is 7.67. The lowest BCUT2D eigenvalue weighted by atomic mass is 10.2. The second-order valence-corrected chi connectivity index (χ2v) is 6.02. The number of carbonyl (C=O) groups excluding carboxylic acids is 1. The Morgan fingerprint density at radius 1 is 1.33 bits per heavy atom. The Labute approximate surface area is 125 Å². The van der Waals surface area contributed by atoms with Crippen molar-refractivity contribution in [2.75, 3.05) is 11.4 Å². The first-order valence-electron chi connectivity index (χ1n) is 6.85. The highest BCUT2D eigenvalue weighted by Gasteiger charge is 2.23. The Morgan fingerprint density at radius 2 is 2.24 bits per heavy atom. The summed E-state index contributed by atoms with van der Waals surface area (Å²) in [6, 6.07) is 8.11. The number of anilines is 1. The lowest BCUT2D eigenvalue weighted by Crippen LogP contribution is -2.29. The van der Waals surface area contributed by atoms with Gasteiger partial charge in [-0.05, 0) is 18.1 Å². The highest BCUT2D eigenvalue weighted by Crippen LogP contribution is 2.28. The molecule has 2 aromatic heterocycles. The Morgan fingerprint density at radius 3 is 3.14 bits per heavy atom. The van der Waals surface area contributed by atoms with Crippen molar-refractivity contribution in [2.45, 2.75) is 19.3 Å². The van der Waals surface area contributed by atoms with Crippen LogP contribution in [0.25, 0.3) is 4.96 Å². The molecule has 21 heavy (non-hydrogen) atoms. The summed E-state index contributed by atoms with van der Waals surface area (Å²) in [5.41, 5.74) is 2.31. The smallest absolute Gasteiger partial charge is 0.234 e. The van der Waals surface area contributed by atoms with Gasteiger partial charge in [-0.25, -0.2) is 0 Å². The molecule has 3 aromatic rings. The van der Waals surface area contributed by atoms with E-state index >= 15 is 0 Å². The SMILES string of the molecule is O=C(CCc1nn2cnnc2s1)N1CCc2ccccc21. The van der Waals surface area contributed by atoms with E-state index in [0.717, 1.165) is 28.6 Å². The standard InChI is InChI=1S/C14H13N5OS/c20-13(18-8-7-10-3-1-2-4-11(10)18)6-5-12-17-19-9-15-16-14(19)21-12/h1-4,9H,5-8H2. The van der Waals surface area contributed by atoms with Gasteiger partial charge in [0.25, 0.3) is 0 Å². The lowest BCUT2D eigenvalue weighted by molar-refractivity contribution is -0.118. The van der Waals surface area contributed by atoms with E-state index in [1.807, 2.05) is 23.1 Å². The number of carbonyl (C=O) groups is 1. The number of aromatic nitrogens is 4. The van der Waals surface area contributed by atoms with E-state index in [-0.39, 0.29) is 5.91 Å². The maximum absolute atomic E-state index is 12.4. The molecule has 1 amide bonds. The van der Waals surface area contributed by atoms with E-state index < -0.39 is 0 Å². The normalized spacial score (nSPS) is 13.8. The van der Waals surface area contributed by atoms with E-state index in [4.69, 9.17) is 0 Å². The molecule has 0 saturated heterocycles. The van der Waals surface area contributed by atoms with Crippen LogP contribution in [0, 0.1) is 0 Å². The molecule has 106 valence electrons. The molecule has 3 heterocycles. The minimum absolute atomic E-state index is 0.158. The lowest BCUT2D eigenvalue weighted by Gasteiger charge is -2.16. The second-order valence-electron chi connectivity index (χ2n) is 4.98. The Bertz CT molecular complexity index is 780. The van der Waals surface area contributed by atoms with Gasteiger partial charge < -0.3 is 4.90 Å². The molecule has 0 fully saturated rings. The van der Waals surface area contributed by atoms with E-state index in [1.165, 1.54) is 16.9 Å². The molecular weight excluding hydrogens is 286 g/mol. The van der Waals surface area contributed by atoms with Gasteiger partial charge in [-0.1, -0.05) is 29.5 Å². The molecule has 0 N–H and O–H groups in total. The van der Waals surface area contributed by atoms with Gasteiger partial charge in [0.1, 0.15) is 11.3 Å². The topological polar surface area (TPSA) is 63.4 Å². The van der Waals surface area contributed by atoms with Crippen molar-refractivity contribution in [3.8, 4) is 0 Å². The van der Waals surface area contributed by atoms with Crippen LogP contribution < -0.4 is 4.90 Å². The molecule has 1 aliphatic heterocycles. The highest BCUT2D eigenvalue weighted by molar-refractivity contribution is 7.16. The van der Waals surface area contributed by atoms with Crippen LogP contribution in [-0.2, 0) is 17.6 Å². The number of aryl methyl sites for hydroxylation is 1. The summed E-state index contributed by atoms with van der Waals surface area (Å²) in [6.45, 7) is 0.781. The summed E-state index contributed by atoms with van der Waals surface area (Å²) < 4.78 is 1.65. The second kappa shape index (κ2) is 4.92. The predicted octanol–water partition coefficient (Wildman–Crippen LogP) is 1.71. The molecular formula is C14H13N5OS. The van der Waals surface area contributed by atoms with Gasteiger partial charge >= 0.3 is 0 Å². The largest absolute Gasteiger partial charge is 0.312 e. The van der Waals surface area contributed by atoms with Crippen LogP contribution in [0.5, 0.6) is 0 Å². The van der Waals surface area contributed by atoms with Gasteiger partial charge in [-0.3, -0.25) is 4.79 Å². The average Bonchev–Trinajstić information content (AvgIpc) is 3.18. The third-order valence-corrected chi connectivity index (χ3v) is 4.64. The van der Waals surface area contributed by atoms with Gasteiger partial charge in [-0.2, -0.15) is 9.61 Å². The summed E-state index contributed by atoms with van der Waals surface area (Å²) in [5.74, 6) is 0.158. The van der Waals surface area contributed by atoms with E-state index in [1.54, 1.807) is 10.8 Å². The molecule has 0 bridgehead atoms. The Balaban J connectivity index is 1.46. The monoisotopic (exact) mass is 299 g/mol. The van der Waals surface area contributed by atoms with Gasteiger partial charge in [0.05, 0.1) is 0 Å². The van der Waals surface area contributed by atoms with Crippen LogP contribution in [0.2, 0.25) is 0 Å². The Hall–Kier alpha value is -2.28. The zero-order valence-corrected chi connectivity index (χ0v) is 12.1. The van der Waals surface area contributed by atoms with E-state index in [0.29, 0.717) is 12.8 Å². The fourth-order valence-corrected chi connectivity index (χ4v) is 3.46. The number of fused-ring (bicyclic) bond motifs is 2. The summed E-state index contributed by atoms with van der Waals surface area (Å²) in [7, 11) is 0. The predicted molar refractivity (Wildman–Crippen MR) is 79.5 cm³/mol. The minimum Gasteiger partial charge on any atom is -0.312 e. The maximum Gasteiger partial charge on any atom is 0.234 e. The van der Waals surface area contributed by atoms with Crippen molar-refractivity contribution in [2.24, 2.45) is 0 Å². The fraction of sp³-hybridized carbons (Fsp3) is 0.286. The van der Waals surface area contributed by atoms with Crippen LogP contribution in [0.3, 0.4) is 0 Å². The molecule has 4 rings (SSSR count). The number of hydrogen-bond donors (Lipinski definition) is 0. The van der Waals surface area contributed by atoms with Gasteiger partial charge in [-0.15, -0.1) is 10.2 Å². The third-order valence-electron chi connectivity index (χ3n) is 3.67. The van der Waals surface area contributed by atoms with Crippen molar-refractivity contribution >= 4 is 27.9 Å². The minimum atomic E-state index is 0.158. The number of rotatable bonds is 3. The number of amides is 1. The first-order chi connectivity index (χ1) is 10.3. The fourth-order valence-electron chi connectivity index (χ4n) is 2.65. The molecule has 0 radical (unpaired) electrons. The van der Waals surface area contributed by atoms with E-state index in [9.17, 15) is 4.79 Å². The van der Waals surface area contributed by atoms with Crippen LogP contribution in [0.4, 0.5) is 5.69 Å². The summed E-state index contributed by atoms with van der Waals surface area (Å²) >= 11 is 1.48. The summed E-state index contributed by atoms with van der Waals surface area (Å²) in [5, 5.41) is 13.0. The van der Waals surface area contributed by atoms with Crippen LogP contribution >= 0.6 is 11.3 Å². The molecule has 1 aromatic carbocycles.